The van der Waals surface area contributed by atoms with Crippen LogP contribution in [0.3, 0.4) is 0 Å². The predicted octanol–water partition coefficient (Wildman–Crippen LogP) is 1.74. The molecule has 0 saturated carbocycles. The molecule has 114 valence electrons. The summed E-state index contributed by atoms with van der Waals surface area (Å²) < 4.78 is 5.01. The molecule has 1 amide bonds. The van der Waals surface area contributed by atoms with E-state index in [1.54, 1.807) is 36.1 Å². The molecule has 1 heterocycles. The Labute approximate surface area is 124 Å². The third-order valence-corrected chi connectivity index (χ3v) is 3.80. The minimum atomic E-state index is -0.162. The van der Waals surface area contributed by atoms with E-state index in [1.807, 2.05) is 0 Å². The summed E-state index contributed by atoms with van der Waals surface area (Å²) in [6.45, 7) is 3.32. The first-order valence-corrected chi connectivity index (χ1v) is 7.33. The van der Waals surface area contributed by atoms with E-state index in [-0.39, 0.29) is 30.0 Å². The van der Waals surface area contributed by atoms with Gasteiger partial charge < -0.3 is 14.7 Å². The number of likely N-dealkylation sites (tertiary alicyclic amines) is 1. The van der Waals surface area contributed by atoms with E-state index < -0.39 is 0 Å². The molecule has 0 unspecified atom stereocenters. The number of rotatable bonds is 4. The molecule has 1 N–H and O–H groups in total. The lowest BCUT2D eigenvalue weighted by Crippen LogP contribution is -2.41. The Bertz CT molecular complexity index is 507. The molecule has 5 nitrogen and oxygen atoms in total. The molecule has 21 heavy (non-hydrogen) atoms. The van der Waals surface area contributed by atoms with Crippen LogP contribution in [0.15, 0.2) is 24.3 Å². The van der Waals surface area contributed by atoms with Crippen molar-refractivity contribution in [1.82, 2.24) is 4.90 Å². The largest absolute Gasteiger partial charge is 0.508 e. The molecule has 0 radical (unpaired) electrons. The van der Waals surface area contributed by atoms with E-state index in [0.717, 1.165) is 0 Å². The number of amides is 1. The van der Waals surface area contributed by atoms with Crippen LogP contribution >= 0.6 is 0 Å². The number of para-hydroxylation sites is 1. The number of hydrogen-bond acceptors (Lipinski definition) is 4. The highest BCUT2D eigenvalue weighted by Gasteiger charge is 2.28. The summed E-state index contributed by atoms with van der Waals surface area (Å²) in [4.78, 5) is 25.6. The molecule has 0 aromatic heterocycles. The number of phenols is 1. The first kappa shape index (κ1) is 15.4. The van der Waals surface area contributed by atoms with Crippen molar-refractivity contribution in [2.45, 2.75) is 26.2 Å². The molecule has 1 aliphatic rings. The van der Waals surface area contributed by atoms with Crippen molar-refractivity contribution in [2.75, 3.05) is 19.7 Å². The number of ether oxygens (including phenoxy) is 1. The summed E-state index contributed by atoms with van der Waals surface area (Å²) in [7, 11) is 0. The van der Waals surface area contributed by atoms with Crippen molar-refractivity contribution in [3.8, 4) is 5.75 Å². The third kappa shape index (κ3) is 3.97. The van der Waals surface area contributed by atoms with Crippen LogP contribution in [0.25, 0.3) is 0 Å². The van der Waals surface area contributed by atoms with Crippen LogP contribution < -0.4 is 0 Å². The normalized spacial score (nSPS) is 15.8. The summed E-state index contributed by atoms with van der Waals surface area (Å²) in [5, 5.41) is 9.70. The quantitative estimate of drug-likeness (QED) is 0.858. The molecular formula is C16H21NO4. The van der Waals surface area contributed by atoms with Gasteiger partial charge in [-0.05, 0) is 25.8 Å². The SMILES string of the molecule is CCOC(=O)C1CCN(C(=O)Cc2ccccc2O)CC1. The van der Waals surface area contributed by atoms with Crippen LogP contribution in [-0.2, 0) is 20.7 Å². The average Bonchev–Trinajstić information content (AvgIpc) is 2.50. The molecule has 1 aliphatic heterocycles. The molecule has 1 saturated heterocycles. The first-order valence-electron chi connectivity index (χ1n) is 7.33. The Hall–Kier alpha value is -2.04. The second-order valence-corrected chi connectivity index (χ2v) is 5.21. The van der Waals surface area contributed by atoms with Gasteiger partial charge in [0, 0.05) is 18.7 Å². The average molecular weight is 291 g/mol. The second kappa shape index (κ2) is 7.11. The summed E-state index contributed by atoms with van der Waals surface area (Å²) in [6.07, 6.45) is 1.48. The Morgan fingerprint density at radius 1 is 1.29 bits per heavy atom. The molecule has 0 atom stereocenters. The fourth-order valence-corrected chi connectivity index (χ4v) is 2.56. The van der Waals surface area contributed by atoms with E-state index in [9.17, 15) is 14.7 Å². The van der Waals surface area contributed by atoms with Crippen LogP contribution in [0, 0.1) is 5.92 Å². The van der Waals surface area contributed by atoms with Gasteiger partial charge in [0.2, 0.25) is 5.91 Å². The lowest BCUT2D eigenvalue weighted by Gasteiger charge is -2.31. The number of carbonyl (C=O) groups is 2. The van der Waals surface area contributed by atoms with Gasteiger partial charge in [0.1, 0.15) is 5.75 Å². The molecule has 1 fully saturated rings. The second-order valence-electron chi connectivity index (χ2n) is 5.21. The van der Waals surface area contributed by atoms with Crippen LogP contribution in [0.1, 0.15) is 25.3 Å². The standard InChI is InChI=1S/C16H21NO4/c1-2-21-16(20)12-7-9-17(10-8-12)15(19)11-13-5-3-4-6-14(13)18/h3-6,12,18H,2,7-11H2,1H3. The monoisotopic (exact) mass is 291 g/mol. The summed E-state index contributed by atoms with van der Waals surface area (Å²) in [5.41, 5.74) is 0.634. The fraction of sp³-hybridized carbons (Fsp3) is 0.500. The van der Waals surface area contributed by atoms with E-state index in [4.69, 9.17) is 4.74 Å². The number of phenolic OH excluding ortho intramolecular Hbond substituents is 1. The lowest BCUT2D eigenvalue weighted by atomic mass is 9.96. The number of esters is 1. The molecule has 0 spiro atoms. The van der Waals surface area contributed by atoms with Gasteiger partial charge in [0.25, 0.3) is 0 Å². The Morgan fingerprint density at radius 3 is 2.57 bits per heavy atom. The topological polar surface area (TPSA) is 66.8 Å². The molecule has 5 heteroatoms. The zero-order valence-electron chi connectivity index (χ0n) is 12.2. The van der Waals surface area contributed by atoms with Crippen molar-refractivity contribution in [1.29, 1.82) is 0 Å². The summed E-state index contributed by atoms with van der Waals surface area (Å²) >= 11 is 0. The highest BCUT2D eigenvalue weighted by atomic mass is 16.5. The van der Waals surface area contributed by atoms with Gasteiger partial charge in [-0.3, -0.25) is 9.59 Å². The number of benzene rings is 1. The van der Waals surface area contributed by atoms with E-state index in [1.165, 1.54) is 0 Å². The number of nitrogens with zero attached hydrogens (tertiary/aromatic N) is 1. The highest BCUT2D eigenvalue weighted by Crippen LogP contribution is 2.21. The third-order valence-electron chi connectivity index (χ3n) is 3.80. The van der Waals surface area contributed by atoms with Crippen molar-refractivity contribution in [3.05, 3.63) is 29.8 Å². The van der Waals surface area contributed by atoms with Crippen LogP contribution in [0.2, 0.25) is 0 Å². The minimum Gasteiger partial charge on any atom is -0.508 e. The molecule has 1 aromatic rings. The number of piperidine rings is 1. The van der Waals surface area contributed by atoms with Crippen LogP contribution in [-0.4, -0.2) is 41.6 Å². The number of hydrogen-bond donors (Lipinski definition) is 1. The summed E-state index contributed by atoms with van der Waals surface area (Å²) in [5.74, 6) is -0.129. The van der Waals surface area contributed by atoms with Gasteiger partial charge >= 0.3 is 5.97 Å². The van der Waals surface area contributed by atoms with Crippen molar-refractivity contribution < 1.29 is 19.4 Å². The van der Waals surface area contributed by atoms with E-state index in [2.05, 4.69) is 0 Å². The lowest BCUT2D eigenvalue weighted by molar-refractivity contribution is -0.151. The molecule has 0 aliphatic carbocycles. The van der Waals surface area contributed by atoms with Gasteiger partial charge in [0.05, 0.1) is 18.9 Å². The molecule has 1 aromatic carbocycles. The Balaban J connectivity index is 1.86. The molecule has 0 bridgehead atoms. The van der Waals surface area contributed by atoms with Gasteiger partial charge in [-0.15, -0.1) is 0 Å². The summed E-state index contributed by atoms with van der Waals surface area (Å²) in [6, 6.07) is 6.86. The zero-order valence-corrected chi connectivity index (χ0v) is 12.2. The van der Waals surface area contributed by atoms with Crippen molar-refractivity contribution >= 4 is 11.9 Å². The highest BCUT2D eigenvalue weighted by molar-refractivity contribution is 5.80. The first-order chi connectivity index (χ1) is 10.1. The number of aromatic hydroxyl groups is 1. The molecule has 2 rings (SSSR count). The zero-order chi connectivity index (χ0) is 15.2. The molecular weight excluding hydrogens is 270 g/mol. The van der Waals surface area contributed by atoms with Crippen LogP contribution in [0.5, 0.6) is 5.75 Å². The Morgan fingerprint density at radius 2 is 1.95 bits per heavy atom. The van der Waals surface area contributed by atoms with Crippen LogP contribution in [0.4, 0.5) is 0 Å². The van der Waals surface area contributed by atoms with Gasteiger partial charge in [-0.25, -0.2) is 0 Å². The maximum atomic E-state index is 12.2. The van der Waals surface area contributed by atoms with Crippen molar-refractivity contribution in [2.24, 2.45) is 5.92 Å². The smallest absolute Gasteiger partial charge is 0.309 e. The van der Waals surface area contributed by atoms with E-state index in [0.29, 0.717) is 38.1 Å². The van der Waals surface area contributed by atoms with Crippen molar-refractivity contribution in [3.63, 3.8) is 0 Å². The number of carbonyl (C=O) groups excluding carboxylic acids is 2. The van der Waals surface area contributed by atoms with Gasteiger partial charge in [0.15, 0.2) is 0 Å². The minimum absolute atomic E-state index is 0.0150. The maximum Gasteiger partial charge on any atom is 0.309 e. The van der Waals surface area contributed by atoms with E-state index >= 15 is 0 Å². The maximum absolute atomic E-state index is 12.2. The predicted molar refractivity (Wildman–Crippen MR) is 77.7 cm³/mol. The van der Waals surface area contributed by atoms with Gasteiger partial charge in [-0.2, -0.15) is 0 Å². The fourth-order valence-electron chi connectivity index (χ4n) is 2.56. The van der Waals surface area contributed by atoms with Gasteiger partial charge in [-0.1, -0.05) is 18.2 Å². The Kier molecular flexibility index (Phi) is 5.20.